The van der Waals surface area contributed by atoms with Crippen molar-refractivity contribution < 1.29 is 9.18 Å². The van der Waals surface area contributed by atoms with Crippen LogP contribution in [0.25, 0.3) is 0 Å². The summed E-state index contributed by atoms with van der Waals surface area (Å²) < 4.78 is 12.7. The molecule has 1 aromatic rings. The van der Waals surface area contributed by atoms with E-state index in [1.54, 1.807) is 12.1 Å². The number of nitrogens with one attached hydrogen (secondary N) is 1. The van der Waals surface area contributed by atoms with Crippen LogP contribution in [0.2, 0.25) is 0 Å². The minimum Gasteiger partial charge on any atom is -0.342 e. The van der Waals surface area contributed by atoms with Gasteiger partial charge in [0.15, 0.2) is 0 Å². The third kappa shape index (κ3) is 4.31. The number of amides is 1. The SMILES string of the molecule is CC1CCN(C(=O)CNCc2ccc(F)cc2)CC1. The molecular formula is C15H21FN2O. The molecule has 0 spiro atoms. The van der Waals surface area contributed by atoms with Crippen LogP contribution in [0.1, 0.15) is 25.3 Å². The smallest absolute Gasteiger partial charge is 0.236 e. The zero-order valence-corrected chi connectivity index (χ0v) is 11.4. The van der Waals surface area contributed by atoms with Crippen LogP contribution in [-0.2, 0) is 11.3 Å². The minimum atomic E-state index is -0.234. The zero-order chi connectivity index (χ0) is 13.7. The Hall–Kier alpha value is -1.42. The fraction of sp³-hybridized carbons (Fsp3) is 0.533. The van der Waals surface area contributed by atoms with Crippen molar-refractivity contribution in [3.63, 3.8) is 0 Å². The molecule has 3 nitrogen and oxygen atoms in total. The van der Waals surface area contributed by atoms with E-state index in [2.05, 4.69) is 12.2 Å². The van der Waals surface area contributed by atoms with E-state index in [4.69, 9.17) is 0 Å². The zero-order valence-electron chi connectivity index (χ0n) is 11.4. The Morgan fingerprint density at radius 1 is 1.32 bits per heavy atom. The number of hydrogen-bond acceptors (Lipinski definition) is 2. The molecular weight excluding hydrogens is 243 g/mol. The Morgan fingerprint density at radius 2 is 1.95 bits per heavy atom. The predicted molar refractivity (Wildman–Crippen MR) is 73.1 cm³/mol. The minimum absolute atomic E-state index is 0.161. The summed E-state index contributed by atoms with van der Waals surface area (Å²) >= 11 is 0. The average molecular weight is 264 g/mol. The molecule has 104 valence electrons. The van der Waals surface area contributed by atoms with E-state index in [-0.39, 0.29) is 11.7 Å². The summed E-state index contributed by atoms with van der Waals surface area (Å²) in [6.45, 7) is 4.92. The first-order valence-electron chi connectivity index (χ1n) is 6.88. The largest absolute Gasteiger partial charge is 0.342 e. The fourth-order valence-electron chi connectivity index (χ4n) is 2.29. The van der Waals surface area contributed by atoms with E-state index >= 15 is 0 Å². The number of carbonyl (C=O) groups is 1. The van der Waals surface area contributed by atoms with E-state index < -0.39 is 0 Å². The number of hydrogen-bond donors (Lipinski definition) is 1. The molecule has 0 saturated carbocycles. The molecule has 1 aromatic carbocycles. The van der Waals surface area contributed by atoms with Gasteiger partial charge in [-0.2, -0.15) is 0 Å². The fourth-order valence-corrected chi connectivity index (χ4v) is 2.29. The number of rotatable bonds is 4. The molecule has 1 aliphatic rings. The number of nitrogens with zero attached hydrogens (tertiary/aromatic N) is 1. The van der Waals surface area contributed by atoms with Gasteiger partial charge in [-0.05, 0) is 36.5 Å². The lowest BCUT2D eigenvalue weighted by atomic mass is 9.99. The maximum atomic E-state index is 12.7. The molecule has 0 aliphatic carbocycles. The second-order valence-corrected chi connectivity index (χ2v) is 5.29. The summed E-state index contributed by atoms with van der Waals surface area (Å²) in [5, 5.41) is 3.12. The summed E-state index contributed by atoms with van der Waals surface area (Å²) in [5.41, 5.74) is 0.987. The van der Waals surface area contributed by atoms with Gasteiger partial charge in [0.2, 0.25) is 5.91 Å². The van der Waals surface area contributed by atoms with Crippen molar-refractivity contribution in [2.45, 2.75) is 26.3 Å². The van der Waals surface area contributed by atoms with Crippen LogP contribution < -0.4 is 5.32 Å². The van der Waals surface area contributed by atoms with E-state index in [1.807, 2.05) is 4.90 Å². The molecule has 1 aliphatic heterocycles. The normalized spacial score (nSPS) is 16.6. The van der Waals surface area contributed by atoms with Crippen molar-refractivity contribution in [3.05, 3.63) is 35.6 Å². The van der Waals surface area contributed by atoms with Gasteiger partial charge in [0, 0.05) is 19.6 Å². The quantitative estimate of drug-likeness (QED) is 0.904. The Labute approximate surface area is 113 Å². The van der Waals surface area contributed by atoms with Gasteiger partial charge in [0.25, 0.3) is 0 Å². The number of likely N-dealkylation sites (tertiary alicyclic amines) is 1. The van der Waals surface area contributed by atoms with Crippen molar-refractivity contribution >= 4 is 5.91 Å². The first-order valence-corrected chi connectivity index (χ1v) is 6.88. The molecule has 4 heteroatoms. The van der Waals surface area contributed by atoms with Gasteiger partial charge in [-0.3, -0.25) is 4.79 Å². The van der Waals surface area contributed by atoms with Crippen molar-refractivity contribution in [2.24, 2.45) is 5.92 Å². The van der Waals surface area contributed by atoms with Gasteiger partial charge >= 0.3 is 0 Å². The van der Waals surface area contributed by atoms with E-state index in [0.717, 1.165) is 37.4 Å². The molecule has 0 radical (unpaired) electrons. The lowest BCUT2D eigenvalue weighted by molar-refractivity contribution is -0.131. The van der Waals surface area contributed by atoms with Crippen LogP contribution in [0, 0.1) is 11.7 Å². The summed E-state index contributed by atoms with van der Waals surface area (Å²) in [7, 11) is 0. The molecule has 1 amide bonds. The highest BCUT2D eigenvalue weighted by Crippen LogP contribution is 2.15. The number of benzene rings is 1. The average Bonchev–Trinajstić information content (AvgIpc) is 2.41. The van der Waals surface area contributed by atoms with Crippen molar-refractivity contribution in [1.29, 1.82) is 0 Å². The molecule has 2 rings (SSSR count). The molecule has 0 bridgehead atoms. The molecule has 1 fully saturated rings. The Bertz CT molecular complexity index is 411. The third-order valence-corrected chi connectivity index (χ3v) is 3.65. The van der Waals surface area contributed by atoms with Gasteiger partial charge in [0.1, 0.15) is 5.82 Å². The van der Waals surface area contributed by atoms with Crippen LogP contribution in [0.5, 0.6) is 0 Å². The van der Waals surface area contributed by atoms with Crippen LogP contribution >= 0.6 is 0 Å². The van der Waals surface area contributed by atoms with E-state index in [1.165, 1.54) is 12.1 Å². The predicted octanol–water partition coefficient (Wildman–Crippen LogP) is 2.17. The van der Waals surface area contributed by atoms with Crippen molar-refractivity contribution in [3.8, 4) is 0 Å². The highest BCUT2D eigenvalue weighted by Gasteiger charge is 2.19. The van der Waals surface area contributed by atoms with Crippen molar-refractivity contribution in [1.82, 2.24) is 10.2 Å². The topological polar surface area (TPSA) is 32.3 Å². The molecule has 0 unspecified atom stereocenters. The highest BCUT2D eigenvalue weighted by atomic mass is 19.1. The standard InChI is InChI=1S/C15H21FN2O/c1-12-6-8-18(9-7-12)15(19)11-17-10-13-2-4-14(16)5-3-13/h2-5,12,17H,6-11H2,1H3. The summed E-state index contributed by atoms with van der Waals surface area (Å²) in [6.07, 6.45) is 2.20. The maximum absolute atomic E-state index is 12.7. The van der Waals surface area contributed by atoms with Gasteiger partial charge in [-0.1, -0.05) is 19.1 Å². The molecule has 1 heterocycles. The second kappa shape index (κ2) is 6.66. The molecule has 1 saturated heterocycles. The van der Waals surface area contributed by atoms with Gasteiger partial charge in [0.05, 0.1) is 6.54 Å². The van der Waals surface area contributed by atoms with Crippen LogP contribution in [0.3, 0.4) is 0 Å². The molecule has 0 aromatic heterocycles. The van der Waals surface area contributed by atoms with E-state index in [9.17, 15) is 9.18 Å². The number of halogens is 1. The monoisotopic (exact) mass is 264 g/mol. The maximum Gasteiger partial charge on any atom is 0.236 e. The van der Waals surface area contributed by atoms with Crippen LogP contribution in [-0.4, -0.2) is 30.4 Å². The first-order chi connectivity index (χ1) is 9.15. The lowest BCUT2D eigenvalue weighted by Crippen LogP contribution is -2.42. The second-order valence-electron chi connectivity index (χ2n) is 5.29. The molecule has 19 heavy (non-hydrogen) atoms. The molecule has 1 N–H and O–H groups in total. The Kier molecular flexibility index (Phi) is 4.91. The van der Waals surface area contributed by atoms with E-state index in [0.29, 0.717) is 13.1 Å². The van der Waals surface area contributed by atoms with Gasteiger partial charge < -0.3 is 10.2 Å². The highest BCUT2D eigenvalue weighted by molar-refractivity contribution is 5.78. The van der Waals surface area contributed by atoms with Gasteiger partial charge in [-0.15, -0.1) is 0 Å². The summed E-state index contributed by atoms with van der Waals surface area (Å²) in [5.74, 6) is 0.660. The van der Waals surface area contributed by atoms with Crippen LogP contribution in [0.4, 0.5) is 4.39 Å². The molecule has 0 atom stereocenters. The van der Waals surface area contributed by atoms with Crippen LogP contribution in [0.15, 0.2) is 24.3 Å². The van der Waals surface area contributed by atoms with Gasteiger partial charge in [-0.25, -0.2) is 4.39 Å². The summed E-state index contributed by atoms with van der Waals surface area (Å²) in [6, 6.07) is 6.33. The number of piperidine rings is 1. The van der Waals surface area contributed by atoms with Crippen molar-refractivity contribution in [2.75, 3.05) is 19.6 Å². The Balaban J connectivity index is 1.70. The first kappa shape index (κ1) is 14.0. The number of carbonyl (C=O) groups excluding carboxylic acids is 1. The summed E-state index contributed by atoms with van der Waals surface area (Å²) in [4.78, 5) is 13.9. The Morgan fingerprint density at radius 3 is 2.58 bits per heavy atom. The lowest BCUT2D eigenvalue weighted by Gasteiger charge is -2.30. The third-order valence-electron chi connectivity index (χ3n) is 3.65.